The lowest BCUT2D eigenvalue weighted by atomic mass is 10.0. The molecule has 154 valence electrons. The van der Waals surface area contributed by atoms with E-state index >= 15 is 0 Å². The van der Waals surface area contributed by atoms with E-state index in [9.17, 15) is 19.2 Å². The van der Waals surface area contributed by atoms with Gasteiger partial charge in [-0.15, -0.1) is 0 Å². The fourth-order valence-electron chi connectivity index (χ4n) is 4.35. The summed E-state index contributed by atoms with van der Waals surface area (Å²) in [6, 6.07) is 5.19. The van der Waals surface area contributed by atoms with Gasteiger partial charge in [0.1, 0.15) is 6.04 Å². The lowest BCUT2D eigenvalue weighted by molar-refractivity contribution is -0.137. The fourth-order valence-corrected chi connectivity index (χ4v) is 4.35. The van der Waals surface area contributed by atoms with Gasteiger partial charge in [-0.25, -0.2) is 0 Å². The number of hydrogen-bond donors (Lipinski definition) is 2. The summed E-state index contributed by atoms with van der Waals surface area (Å²) in [7, 11) is 0. The molecule has 3 aliphatic rings. The van der Waals surface area contributed by atoms with Crippen molar-refractivity contribution in [1.82, 2.24) is 20.0 Å². The first-order chi connectivity index (χ1) is 14.0. The highest BCUT2D eigenvalue weighted by Crippen LogP contribution is 2.30. The minimum atomic E-state index is -0.605. The molecule has 1 atom stereocenters. The van der Waals surface area contributed by atoms with E-state index in [2.05, 4.69) is 10.2 Å². The van der Waals surface area contributed by atoms with Gasteiger partial charge < -0.3 is 15.5 Å². The molecular weight excluding hydrogens is 374 g/mol. The summed E-state index contributed by atoms with van der Waals surface area (Å²) in [5.74, 6) is -0.879. The Labute approximate surface area is 168 Å². The van der Waals surface area contributed by atoms with E-state index in [1.54, 1.807) is 9.80 Å². The first-order valence-electron chi connectivity index (χ1n) is 9.93. The summed E-state index contributed by atoms with van der Waals surface area (Å²) in [4.78, 5) is 54.1. The van der Waals surface area contributed by atoms with Crippen LogP contribution in [0.25, 0.3) is 0 Å². The number of nitrogens with one attached hydrogen (secondary N) is 1. The Kier molecular flexibility index (Phi) is 5.33. The van der Waals surface area contributed by atoms with Crippen LogP contribution in [0.15, 0.2) is 18.2 Å². The van der Waals surface area contributed by atoms with Crippen LogP contribution >= 0.6 is 0 Å². The molecule has 2 saturated heterocycles. The molecule has 3 heterocycles. The smallest absolute Gasteiger partial charge is 0.255 e. The van der Waals surface area contributed by atoms with E-state index in [-0.39, 0.29) is 30.7 Å². The number of rotatable bonds is 4. The van der Waals surface area contributed by atoms with Gasteiger partial charge in [-0.3, -0.25) is 29.4 Å². The van der Waals surface area contributed by atoms with Crippen molar-refractivity contribution in [2.75, 3.05) is 32.7 Å². The summed E-state index contributed by atoms with van der Waals surface area (Å²) >= 11 is 0. The maximum absolute atomic E-state index is 13.1. The van der Waals surface area contributed by atoms with Crippen LogP contribution in [0.4, 0.5) is 0 Å². The normalized spacial score (nSPS) is 22.7. The summed E-state index contributed by atoms with van der Waals surface area (Å²) in [6.07, 6.45) is 0.603. The van der Waals surface area contributed by atoms with Crippen LogP contribution in [-0.2, 0) is 27.5 Å². The first kappa shape index (κ1) is 19.5. The molecule has 29 heavy (non-hydrogen) atoms. The van der Waals surface area contributed by atoms with Crippen LogP contribution in [0.3, 0.4) is 0 Å². The third-order valence-corrected chi connectivity index (χ3v) is 5.93. The van der Waals surface area contributed by atoms with Crippen molar-refractivity contribution >= 4 is 23.6 Å². The molecule has 2 fully saturated rings. The molecule has 0 spiro atoms. The molecule has 3 N–H and O–H groups in total. The number of benzene rings is 1. The van der Waals surface area contributed by atoms with E-state index in [1.165, 1.54) is 0 Å². The Bertz CT molecular complexity index is 862. The maximum atomic E-state index is 13.1. The third-order valence-electron chi connectivity index (χ3n) is 5.93. The van der Waals surface area contributed by atoms with Gasteiger partial charge in [0, 0.05) is 51.3 Å². The Morgan fingerprint density at radius 1 is 1.14 bits per heavy atom. The number of piperidine rings is 1. The van der Waals surface area contributed by atoms with Gasteiger partial charge >= 0.3 is 0 Å². The maximum Gasteiger partial charge on any atom is 0.255 e. The van der Waals surface area contributed by atoms with Crippen molar-refractivity contribution in [2.45, 2.75) is 32.0 Å². The predicted octanol–water partition coefficient (Wildman–Crippen LogP) is -0.949. The van der Waals surface area contributed by atoms with Crippen molar-refractivity contribution in [2.24, 2.45) is 5.73 Å². The number of carbonyl (C=O) groups is 4. The SMILES string of the molecule is NCC(=O)N1CCN(Cc2cccc3c2C(=O)N(C2CCC(=O)NC2=O)C3)CC1. The van der Waals surface area contributed by atoms with Crippen LogP contribution < -0.4 is 11.1 Å². The number of imide groups is 1. The molecule has 0 radical (unpaired) electrons. The quantitative estimate of drug-likeness (QED) is 0.631. The highest BCUT2D eigenvalue weighted by molar-refractivity contribution is 6.06. The minimum absolute atomic E-state index is 0.0247. The fraction of sp³-hybridized carbons (Fsp3) is 0.500. The van der Waals surface area contributed by atoms with Crippen molar-refractivity contribution in [3.8, 4) is 0 Å². The Hall–Kier alpha value is -2.78. The molecule has 4 rings (SSSR count). The lowest BCUT2D eigenvalue weighted by Gasteiger charge is -2.34. The molecule has 0 aromatic heterocycles. The average Bonchev–Trinajstić information content (AvgIpc) is 3.05. The molecule has 0 aliphatic carbocycles. The Morgan fingerprint density at radius 2 is 1.90 bits per heavy atom. The summed E-state index contributed by atoms with van der Waals surface area (Å²) in [5, 5.41) is 2.33. The van der Waals surface area contributed by atoms with E-state index < -0.39 is 11.9 Å². The van der Waals surface area contributed by atoms with Crippen molar-refractivity contribution < 1.29 is 19.2 Å². The molecule has 4 amide bonds. The lowest BCUT2D eigenvalue weighted by Crippen LogP contribution is -2.52. The molecular formula is C20H25N5O4. The molecule has 0 saturated carbocycles. The van der Waals surface area contributed by atoms with Gasteiger partial charge in [0.15, 0.2) is 0 Å². The number of nitrogens with zero attached hydrogens (tertiary/aromatic N) is 3. The molecule has 0 bridgehead atoms. The number of carbonyl (C=O) groups excluding carboxylic acids is 4. The summed E-state index contributed by atoms with van der Waals surface area (Å²) in [5.41, 5.74) is 7.94. The second-order valence-corrected chi connectivity index (χ2v) is 7.71. The van der Waals surface area contributed by atoms with E-state index in [0.717, 1.165) is 24.2 Å². The highest BCUT2D eigenvalue weighted by Gasteiger charge is 2.40. The zero-order valence-electron chi connectivity index (χ0n) is 16.2. The van der Waals surface area contributed by atoms with Crippen molar-refractivity contribution in [3.63, 3.8) is 0 Å². The third kappa shape index (κ3) is 3.75. The van der Waals surface area contributed by atoms with Crippen molar-refractivity contribution in [3.05, 3.63) is 34.9 Å². The molecule has 9 nitrogen and oxygen atoms in total. The molecule has 1 unspecified atom stereocenters. The second-order valence-electron chi connectivity index (χ2n) is 7.71. The van der Waals surface area contributed by atoms with Crippen LogP contribution in [0, 0.1) is 0 Å². The number of amides is 4. The molecule has 1 aromatic rings. The van der Waals surface area contributed by atoms with E-state index in [4.69, 9.17) is 5.73 Å². The van der Waals surface area contributed by atoms with Gasteiger partial charge in [-0.05, 0) is 17.5 Å². The number of piperazine rings is 1. The second kappa shape index (κ2) is 7.92. The Morgan fingerprint density at radius 3 is 2.59 bits per heavy atom. The van der Waals surface area contributed by atoms with E-state index in [1.807, 2.05) is 18.2 Å². The average molecular weight is 399 g/mol. The van der Waals surface area contributed by atoms with E-state index in [0.29, 0.717) is 38.2 Å². The largest absolute Gasteiger partial charge is 0.339 e. The molecule has 3 aliphatic heterocycles. The number of hydrogen-bond acceptors (Lipinski definition) is 6. The Balaban J connectivity index is 1.46. The van der Waals surface area contributed by atoms with Crippen LogP contribution in [0.1, 0.15) is 34.3 Å². The summed E-state index contributed by atoms with van der Waals surface area (Å²) < 4.78 is 0. The number of fused-ring (bicyclic) bond motifs is 1. The first-order valence-corrected chi connectivity index (χ1v) is 9.93. The van der Waals surface area contributed by atoms with Crippen LogP contribution in [0.5, 0.6) is 0 Å². The number of nitrogens with two attached hydrogens (primary N) is 1. The van der Waals surface area contributed by atoms with Crippen LogP contribution in [-0.4, -0.2) is 77.1 Å². The standard InChI is InChI=1S/C20H25N5O4/c21-10-17(27)24-8-6-23(7-9-24)11-13-2-1-3-14-12-25(20(29)18(13)14)15-4-5-16(26)22-19(15)28/h1-3,15H,4-12,21H2,(H,22,26,28). The van der Waals surface area contributed by atoms with Gasteiger partial charge in [-0.2, -0.15) is 0 Å². The van der Waals surface area contributed by atoms with Crippen molar-refractivity contribution in [1.29, 1.82) is 0 Å². The summed E-state index contributed by atoms with van der Waals surface area (Å²) in [6.45, 7) is 3.72. The van der Waals surface area contributed by atoms with Gasteiger partial charge in [-0.1, -0.05) is 18.2 Å². The highest BCUT2D eigenvalue weighted by atomic mass is 16.2. The van der Waals surface area contributed by atoms with Gasteiger partial charge in [0.25, 0.3) is 5.91 Å². The van der Waals surface area contributed by atoms with Gasteiger partial charge in [0.2, 0.25) is 17.7 Å². The monoisotopic (exact) mass is 399 g/mol. The molecule has 9 heteroatoms. The zero-order chi connectivity index (χ0) is 20.5. The zero-order valence-corrected chi connectivity index (χ0v) is 16.2. The minimum Gasteiger partial charge on any atom is -0.339 e. The predicted molar refractivity (Wildman–Crippen MR) is 103 cm³/mol. The topological polar surface area (TPSA) is 116 Å². The molecule has 1 aromatic carbocycles. The van der Waals surface area contributed by atoms with Crippen LogP contribution in [0.2, 0.25) is 0 Å². The van der Waals surface area contributed by atoms with Gasteiger partial charge in [0.05, 0.1) is 6.54 Å².